The molecule has 2 N–H and O–H groups in total. The molecule has 8 nitrogen and oxygen atoms in total. The van der Waals surface area contributed by atoms with Gasteiger partial charge in [-0.15, -0.1) is 0 Å². The molecular formula is C17H16N6O2. The Labute approximate surface area is 143 Å². The van der Waals surface area contributed by atoms with E-state index in [1.54, 1.807) is 29.2 Å². The molecule has 0 radical (unpaired) electrons. The summed E-state index contributed by atoms with van der Waals surface area (Å²) in [6.07, 6.45) is 5.99. The fraction of sp³-hybridized carbons (Fsp3) is 0.176. The maximum atomic E-state index is 11.4. The third-order valence-corrected chi connectivity index (χ3v) is 4.20. The van der Waals surface area contributed by atoms with E-state index in [0.29, 0.717) is 18.1 Å². The van der Waals surface area contributed by atoms with E-state index in [1.807, 2.05) is 24.4 Å². The van der Waals surface area contributed by atoms with Crippen molar-refractivity contribution in [3.8, 4) is 5.82 Å². The van der Waals surface area contributed by atoms with Crippen molar-refractivity contribution in [2.75, 3.05) is 17.2 Å². The summed E-state index contributed by atoms with van der Waals surface area (Å²) in [6, 6.07) is 8.94. The highest BCUT2D eigenvalue weighted by Gasteiger charge is 2.23. The van der Waals surface area contributed by atoms with Gasteiger partial charge in [0.2, 0.25) is 0 Å². The molecule has 3 aromatic rings. The molecule has 0 atom stereocenters. The molecule has 1 aliphatic heterocycles. The molecule has 25 heavy (non-hydrogen) atoms. The Balaban J connectivity index is 1.61. The normalized spacial score (nSPS) is 12.5. The molecule has 8 heteroatoms. The molecule has 1 aliphatic rings. The van der Waals surface area contributed by atoms with Crippen molar-refractivity contribution in [1.82, 2.24) is 14.8 Å². The Kier molecular flexibility index (Phi) is 3.77. The van der Waals surface area contributed by atoms with Gasteiger partial charge < -0.3 is 10.6 Å². The third kappa shape index (κ3) is 2.89. The van der Waals surface area contributed by atoms with Crippen molar-refractivity contribution < 1.29 is 4.92 Å². The average Bonchev–Trinajstić information content (AvgIpc) is 3.31. The Morgan fingerprint density at radius 2 is 2.24 bits per heavy atom. The first-order valence-electron chi connectivity index (χ1n) is 7.95. The van der Waals surface area contributed by atoms with E-state index >= 15 is 0 Å². The molecule has 3 heterocycles. The molecule has 0 fully saturated rings. The van der Waals surface area contributed by atoms with E-state index in [4.69, 9.17) is 0 Å². The van der Waals surface area contributed by atoms with Crippen LogP contribution in [0.1, 0.15) is 11.1 Å². The van der Waals surface area contributed by atoms with Crippen LogP contribution in [0.2, 0.25) is 0 Å². The second kappa shape index (κ2) is 6.23. The van der Waals surface area contributed by atoms with E-state index < -0.39 is 0 Å². The Morgan fingerprint density at radius 3 is 3.04 bits per heavy atom. The summed E-state index contributed by atoms with van der Waals surface area (Å²) in [5.74, 6) is 0.707. The van der Waals surface area contributed by atoms with Gasteiger partial charge in [-0.2, -0.15) is 5.10 Å². The monoisotopic (exact) mass is 336 g/mol. The Morgan fingerprint density at radius 1 is 1.32 bits per heavy atom. The lowest BCUT2D eigenvalue weighted by molar-refractivity contribution is -0.384. The van der Waals surface area contributed by atoms with Crippen LogP contribution < -0.4 is 10.6 Å². The second-order valence-electron chi connectivity index (χ2n) is 5.75. The molecule has 2 aromatic heterocycles. The quantitative estimate of drug-likeness (QED) is 0.549. The molecule has 0 amide bonds. The fourth-order valence-corrected chi connectivity index (χ4v) is 3.02. The van der Waals surface area contributed by atoms with E-state index in [9.17, 15) is 10.1 Å². The van der Waals surface area contributed by atoms with Crippen LogP contribution in [-0.2, 0) is 13.0 Å². The highest BCUT2D eigenvalue weighted by atomic mass is 16.6. The van der Waals surface area contributed by atoms with Gasteiger partial charge in [-0.3, -0.25) is 10.1 Å². The van der Waals surface area contributed by atoms with Crippen molar-refractivity contribution >= 4 is 17.1 Å². The molecule has 1 aromatic carbocycles. The van der Waals surface area contributed by atoms with Gasteiger partial charge in [-0.1, -0.05) is 0 Å². The number of nitrogens with zero attached hydrogens (tertiary/aromatic N) is 4. The number of benzene rings is 1. The highest BCUT2D eigenvalue weighted by molar-refractivity contribution is 5.77. The molecule has 0 unspecified atom stereocenters. The first kappa shape index (κ1) is 15.1. The smallest absolute Gasteiger partial charge is 0.292 e. The largest absolute Gasteiger partial charge is 0.384 e. The maximum absolute atomic E-state index is 11.4. The van der Waals surface area contributed by atoms with E-state index in [0.717, 1.165) is 29.8 Å². The number of nitro benzene ring substituents is 1. The number of anilines is 2. The lowest BCUT2D eigenvalue weighted by Gasteiger charge is -2.12. The Hall–Kier alpha value is -3.42. The number of nitro groups is 1. The minimum Gasteiger partial charge on any atom is -0.384 e. The first-order chi connectivity index (χ1) is 12.2. The summed E-state index contributed by atoms with van der Waals surface area (Å²) in [7, 11) is 0. The van der Waals surface area contributed by atoms with E-state index in [2.05, 4.69) is 20.7 Å². The lowest BCUT2D eigenvalue weighted by Crippen LogP contribution is -2.06. The molecule has 0 saturated carbocycles. The topological polar surface area (TPSA) is 97.9 Å². The van der Waals surface area contributed by atoms with Crippen LogP contribution in [0, 0.1) is 10.1 Å². The van der Waals surface area contributed by atoms with Crippen molar-refractivity contribution in [2.24, 2.45) is 0 Å². The zero-order chi connectivity index (χ0) is 17.2. The van der Waals surface area contributed by atoms with Crippen molar-refractivity contribution in [2.45, 2.75) is 13.0 Å². The number of pyridine rings is 1. The molecular weight excluding hydrogens is 320 g/mol. The number of hydrogen-bond donors (Lipinski definition) is 2. The number of aromatic nitrogens is 3. The van der Waals surface area contributed by atoms with Crippen LogP contribution >= 0.6 is 0 Å². The molecule has 0 spiro atoms. The van der Waals surface area contributed by atoms with Crippen LogP contribution in [0.3, 0.4) is 0 Å². The van der Waals surface area contributed by atoms with Gasteiger partial charge in [-0.25, -0.2) is 9.67 Å². The predicted octanol–water partition coefficient (Wildman–Crippen LogP) is 2.76. The summed E-state index contributed by atoms with van der Waals surface area (Å²) < 4.78 is 1.68. The van der Waals surface area contributed by atoms with Crippen LogP contribution in [0.4, 0.5) is 17.1 Å². The standard InChI is InChI=1S/C17H16N6O2/c24-23(25)15-3-2-14-13(5-8-18-14)17(15)20-11-12-4-7-19-16(10-12)22-9-1-6-21-22/h1-4,6-7,9-10,18,20H,5,8,11H2. The fourth-order valence-electron chi connectivity index (χ4n) is 3.02. The van der Waals surface area contributed by atoms with Gasteiger partial charge in [0.25, 0.3) is 5.69 Å². The molecule has 4 rings (SSSR count). The zero-order valence-electron chi connectivity index (χ0n) is 13.3. The van der Waals surface area contributed by atoms with Crippen LogP contribution in [0.25, 0.3) is 5.82 Å². The number of rotatable bonds is 5. The van der Waals surface area contributed by atoms with Gasteiger partial charge in [0.05, 0.1) is 4.92 Å². The lowest BCUT2D eigenvalue weighted by atomic mass is 10.1. The molecule has 0 bridgehead atoms. The van der Waals surface area contributed by atoms with Crippen LogP contribution in [-0.4, -0.2) is 26.2 Å². The predicted molar refractivity (Wildman–Crippen MR) is 94.0 cm³/mol. The van der Waals surface area contributed by atoms with Crippen molar-refractivity contribution in [3.05, 3.63) is 70.2 Å². The van der Waals surface area contributed by atoms with E-state index in [1.165, 1.54) is 0 Å². The maximum Gasteiger partial charge on any atom is 0.292 e. The van der Waals surface area contributed by atoms with Gasteiger partial charge in [0.15, 0.2) is 5.82 Å². The molecule has 126 valence electrons. The van der Waals surface area contributed by atoms with Gasteiger partial charge >= 0.3 is 0 Å². The first-order valence-corrected chi connectivity index (χ1v) is 7.95. The summed E-state index contributed by atoms with van der Waals surface area (Å²) in [4.78, 5) is 15.3. The minimum absolute atomic E-state index is 0.101. The minimum atomic E-state index is -0.345. The summed E-state index contributed by atoms with van der Waals surface area (Å²) in [6.45, 7) is 1.26. The van der Waals surface area contributed by atoms with Crippen molar-refractivity contribution in [1.29, 1.82) is 0 Å². The molecule has 0 aliphatic carbocycles. The van der Waals surface area contributed by atoms with E-state index in [-0.39, 0.29) is 10.6 Å². The van der Waals surface area contributed by atoms with Crippen LogP contribution in [0.5, 0.6) is 0 Å². The summed E-state index contributed by atoms with van der Waals surface area (Å²) in [5.41, 5.74) is 3.59. The molecule has 0 saturated heterocycles. The number of fused-ring (bicyclic) bond motifs is 1. The van der Waals surface area contributed by atoms with Crippen molar-refractivity contribution in [3.63, 3.8) is 0 Å². The highest BCUT2D eigenvalue weighted by Crippen LogP contribution is 2.37. The Bertz CT molecular complexity index is 923. The third-order valence-electron chi connectivity index (χ3n) is 4.20. The van der Waals surface area contributed by atoms with Gasteiger partial charge in [-0.05, 0) is 36.2 Å². The summed E-state index contributed by atoms with van der Waals surface area (Å²) >= 11 is 0. The number of nitrogens with one attached hydrogen (secondary N) is 2. The second-order valence-corrected chi connectivity index (χ2v) is 5.75. The SMILES string of the molecule is O=[N+]([O-])c1ccc2c(c1NCc1ccnc(-n3cccn3)c1)CCN2. The number of hydrogen-bond acceptors (Lipinski definition) is 6. The van der Waals surface area contributed by atoms with Crippen LogP contribution in [0.15, 0.2) is 48.9 Å². The van der Waals surface area contributed by atoms with Gasteiger partial charge in [0, 0.05) is 49.0 Å². The van der Waals surface area contributed by atoms with Gasteiger partial charge in [0.1, 0.15) is 5.69 Å². The zero-order valence-corrected chi connectivity index (χ0v) is 13.3. The summed E-state index contributed by atoms with van der Waals surface area (Å²) in [5, 5.41) is 22.0. The average molecular weight is 336 g/mol.